The number of nitrogens with one attached hydrogen (secondary N) is 1. The molecular formula is C9H17N5. The maximum atomic E-state index is 4.23. The summed E-state index contributed by atoms with van der Waals surface area (Å²) >= 11 is 0. The lowest BCUT2D eigenvalue weighted by molar-refractivity contribution is 0.147. The minimum atomic E-state index is 0.401. The molecule has 1 saturated heterocycles. The fraction of sp³-hybridized carbons (Fsp3) is 0.889. The Bertz CT molecular complexity index is 302. The Morgan fingerprint density at radius 1 is 1.50 bits per heavy atom. The molecule has 0 aromatic carbocycles. The van der Waals surface area contributed by atoms with Gasteiger partial charge in [-0.15, -0.1) is 10.2 Å². The first kappa shape index (κ1) is 9.58. The largest absolute Gasteiger partial charge is 0.316 e. The Morgan fingerprint density at radius 3 is 2.71 bits per heavy atom. The monoisotopic (exact) mass is 195 g/mol. The molecule has 1 aromatic heterocycles. The fourth-order valence-corrected chi connectivity index (χ4v) is 2.13. The lowest BCUT2D eigenvalue weighted by Gasteiger charge is -2.42. The van der Waals surface area contributed by atoms with Crippen LogP contribution in [0.15, 0.2) is 0 Å². The molecule has 2 rings (SSSR count). The van der Waals surface area contributed by atoms with Crippen LogP contribution in [0.3, 0.4) is 0 Å². The van der Waals surface area contributed by atoms with Crippen LogP contribution >= 0.6 is 0 Å². The van der Waals surface area contributed by atoms with E-state index in [0.29, 0.717) is 5.41 Å². The van der Waals surface area contributed by atoms with Crippen molar-refractivity contribution < 1.29 is 0 Å². The third-order valence-corrected chi connectivity index (χ3v) is 2.86. The second-order valence-electron chi connectivity index (χ2n) is 4.23. The molecule has 1 N–H and O–H groups in total. The molecular weight excluding hydrogens is 178 g/mol. The highest BCUT2D eigenvalue weighted by molar-refractivity contribution is 4.98. The highest BCUT2D eigenvalue weighted by Crippen LogP contribution is 2.31. The van der Waals surface area contributed by atoms with Crippen molar-refractivity contribution in [2.75, 3.05) is 13.1 Å². The van der Waals surface area contributed by atoms with Gasteiger partial charge in [-0.1, -0.05) is 13.3 Å². The first-order valence-electron chi connectivity index (χ1n) is 5.18. The molecule has 0 atom stereocenters. The average molecular weight is 195 g/mol. The van der Waals surface area contributed by atoms with Gasteiger partial charge in [0.15, 0.2) is 5.82 Å². The van der Waals surface area contributed by atoms with E-state index < -0.39 is 0 Å². The first-order valence-corrected chi connectivity index (χ1v) is 5.18. The van der Waals surface area contributed by atoms with Crippen molar-refractivity contribution >= 4 is 0 Å². The molecule has 0 bridgehead atoms. The molecule has 1 aliphatic rings. The third-order valence-electron chi connectivity index (χ3n) is 2.86. The molecule has 14 heavy (non-hydrogen) atoms. The van der Waals surface area contributed by atoms with E-state index >= 15 is 0 Å². The number of tetrazole rings is 1. The molecule has 1 aromatic rings. The number of aryl methyl sites for hydroxylation is 1. The van der Waals surface area contributed by atoms with Gasteiger partial charge >= 0.3 is 0 Å². The Labute approximate surface area is 83.9 Å². The van der Waals surface area contributed by atoms with Crippen molar-refractivity contribution in [2.24, 2.45) is 12.5 Å². The number of aromatic nitrogens is 4. The maximum absolute atomic E-state index is 4.23. The molecule has 0 saturated carbocycles. The summed E-state index contributed by atoms with van der Waals surface area (Å²) in [5.74, 6) is 0.877. The van der Waals surface area contributed by atoms with Crippen molar-refractivity contribution in [1.29, 1.82) is 0 Å². The molecule has 1 fully saturated rings. The van der Waals surface area contributed by atoms with Gasteiger partial charge in [0.05, 0.1) is 7.05 Å². The summed E-state index contributed by atoms with van der Waals surface area (Å²) in [5, 5.41) is 15.5. The number of rotatable bonds is 4. The van der Waals surface area contributed by atoms with Gasteiger partial charge in [-0.3, -0.25) is 0 Å². The number of nitrogens with zero attached hydrogens (tertiary/aromatic N) is 4. The fourth-order valence-electron chi connectivity index (χ4n) is 2.13. The van der Waals surface area contributed by atoms with E-state index in [-0.39, 0.29) is 0 Å². The molecule has 5 heteroatoms. The average Bonchev–Trinajstić information content (AvgIpc) is 2.48. The van der Waals surface area contributed by atoms with Crippen LogP contribution in [0.5, 0.6) is 0 Å². The van der Waals surface area contributed by atoms with Crippen molar-refractivity contribution in [3.05, 3.63) is 5.82 Å². The standard InChI is InChI=1S/C9H17N5/c1-3-4-9(6-10-7-9)5-8-11-13-14(2)12-8/h10H,3-7H2,1-2H3. The van der Waals surface area contributed by atoms with E-state index in [9.17, 15) is 0 Å². The minimum absolute atomic E-state index is 0.401. The van der Waals surface area contributed by atoms with Crippen molar-refractivity contribution in [3.8, 4) is 0 Å². The molecule has 0 unspecified atom stereocenters. The molecule has 0 spiro atoms. The predicted octanol–water partition coefficient (Wildman–Crippen LogP) is 0.142. The summed E-state index contributed by atoms with van der Waals surface area (Å²) in [6.45, 7) is 4.42. The van der Waals surface area contributed by atoms with E-state index in [4.69, 9.17) is 0 Å². The van der Waals surface area contributed by atoms with Gasteiger partial charge in [0.2, 0.25) is 0 Å². The van der Waals surface area contributed by atoms with E-state index in [1.165, 1.54) is 17.6 Å². The predicted molar refractivity (Wildman–Crippen MR) is 52.7 cm³/mol. The SMILES string of the molecule is CCCC1(Cc2nnn(C)n2)CNC1. The van der Waals surface area contributed by atoms with Gasteiger partial charge in [-0.2, -0.15) is 4.80 Å². The van der Waals surface area contributed by atoms with Crippen molar-refractivity contribution in [2.45, 2.75) is 26.2 Å². The first-order chi connectivity index (χ1) is 6.74. The molecule has 5 nitrogen and oxygen atoms in total. The van der Waals surface area contributed by atoms with E-state index in [1.54, 1.807) is 0 Å². The number of hydrogen-bond acceptors (Lipinski definition) is 4. The molecule has 78 valence electrons. The van der Waals surface area contributed by atoms with Crippen LogP contribution in [0, 0.1) is 5.41 Å². The molecule has 1 aliphatic heterocycles. The lowest BCUT2D eigenvalue weighted by Crippen LogP contribution is -2.54. The van der Waals surface area contributed by atoms with Crippen LogP contribution in [-0.4, -0.2) is 33.3 Å². The summed E-state index contributed by atoms with van der Waals surface area (Å²) in [5.41, 5.74) is 0.401. The summed E-state index contributed by atoms with van der Waals surface area (Å²) in [6, 6.07) is 0. The zero-order valence-corrected chi connectivity index (χ0v) is 8.82. The van der Waals surface area contributed by atoms with Gasteiger partial charge < -0.3 is 5.32 Å². The second-order valence-corrected chi connectivity index (χ2v) is 4.23. The summed E-state index contributed by atoms with van der Waals surface area (Å²) < 4.78 is 0. The number of hydrogen-bond donors (Lipinski definition) is 1. The van der Waals surface area contributed by atoms with Crippen LogP contribution in [-0.2, 0) is 13.5 Å². The Balaban J connectivity index is 2.01. The van der Waals surface area contributed by atoms with Gasteiger partial charge in [-0.25, -0.2) is 0 Å². The van der Waals surface area contributed by atoms with E-state index in [1.807, 2.05) is 7.05 Å². The normalized spacial score (nSPS) is 19.3. The van der Waals surface area contributed by atoms with Gasteiger partial charge in [0.1, 0.15) is 0 Å². The molecule has 0 aliphatic carbocycles. The minimum Gasteiger partial charge on any atom is -0.316 e. The Morgan fingerprint density at radius 2 is 2.29 bits per heavy atom. The molecule has 0 radical (unpaired) electrons. The van der Waals surface area contributed by atoms with Crippen LogP contribution in [0.1, 0.15) is 25.6 Å². The maximum Gasteiger partial charge on any atom is 0.175 e. The topological polar surface area (TPSA) is 55.6 Å². The highest BCUT2D eigenvalue weighted by atomic mass is 15.6. The molecule has 0 amide bonds. The lowest BCUT2D eigenvalue weighted by atomic mass is 9.75. The zero-order chi connectivity index (χ0) is 10.0. The third kappa shape index (κ3) is 1.77. The summed E-state index contributed by atoms with van der Waals surface area (Å²) in [7, 11) is 1.81. The van der Waals surface area contributed by atoms with Crippen LogP contribution in [0.25, 0.3) is 0 Å². The zero-order valence-electron chi connectivity index (χ0n) is 8.82. The molecule has 2 heterocycles. The quantitative estimate of drug-likeness (QED) is 0.742. The van der Waals surface area contributed by atoms with Crippen molar-refractivity contribution in [1.82, 2.24) is 25.5 Å². The Kier molecular flexibility index (Phi) is 2.50. The highest BCUT2D eigenvalue weighted by Gasteiger charge is 2.37. The van der Waals surface area contributed by atoms with E-state index in [2.05, 4.69) is 27.7 Å². The van der Waals surface area contributed by atoms with Gasteiger partial charge in [0.25, 0.3) is 0 Å². The van der Waals surface area contributed by atoms with E-state index in [0.717, 1.165) is 25.3 Å². The van der Waals surface area contributed by atoms with Crippen LogP contribution in [0.4, 0.5) is 0 Å². The smallest absolute Gasteiger partial charge is 0.175 e. The van der Waals surface area contributed by atoms with Crippen molar-refractivity contribution in [3.63, 3.8) is 0 Å². The summed E-state index contributed by atoms with van der Waals surface area (Å²) in [4.78, 5) is 1.53. The van der Waals surface area contributed by atoms with Crippen LogP contribution < -0.4 is 5.32 Å². The van der Waals surface area contributed by atoms with Gasteiger partial charge in [0, 0.05) is 24.9 Å². The van der Waals surface area contributed by atoms with Gasteiger partial charge in [-0.05, 0) is 11.6 Å². The summed E-state index contributed by atoms with van der Waals surface area (Å²) in [6.07, 6.45) is 3.43. The second kappa shape index (κ2) is 3.65. The van der Waals surface area contributed by atoms with Crippen LogP contribution in [0.2, 0.25) is 0 Å². The Hall–Kier alpha value is -0.970.